The fourth-order valence-electron chi connectivity index (χ4n) is 8.31. The van der Waals surface area contributed by atoms with Gasteiger partial charge in [0.25, 0.3) is 0 Å². The van der Waals surface area contributed by atoms with Crippen molar-refractivity contribution in [1.82, 2.24) is 4.90 Å². The molecule has 52 heavy (non-hydrogen) atoms. The van der Waals surface area contributed by atoms with E-state index in [4.69, 9.17) is 23.7 Å². The first-order chi connectivity index (χ1) is 25.4. The molecule has 0 unspecified atom stereocenters. The van der Waals surface area contributed by atoms with Crippen LogP contribution >= 0.6 is 0 Å². The van der Waals surface area contributed by atoms with Crippen molar-refractivity contribution >= 4 is 29.5 Å². The van der Waals surface area contributed by atoms with Crippen LogP contribution in [0.1, 0.15) is 47.1 Å². The van der Waals surface area contributed by atoms with Gasteiger partial charge in [0.05, 0.1) is 43.8 Å². The number of para-hydroxylation sites is 1. The average Bonchev–Trinajstić information content (AvgIpc) is 3.76. The Hall–Kier alpha value is -5.97. The van der Waals surface area contributed by atoms with Gasteiger partial charge in [0.15, 0.2) is 11.5 Å². The van der Waals surface area contributed by atoms with Crippen LogP contribution in [0.4, 0.5) is 21.0 Å². The molecule has 0 radical (unpaired) electrons. The summed E-state index contributed by atoms with van der Waals surface area (Å²) < 4.78 is 29.8. The van der Waals surface area contributed by atoms with Crippen molar-refractivity contribution in [2.75, 3.05) is 44.2 Å². The van der Waals surface area contributed by atoms with Crippen molar-refractivity contribution in [3.63, 3.8) is 0 Å². The van der Waals surface area contributed by atoms with Gasteiger partial charge in [-0.05, 0) is 53.6 Å². The first-order valence-corrected chi connectivity index (χ1v) is 17.4. The average molecular weight is 702 g/mol. The van der Waals surface area contributed by atoms with E-state index in [0.29, 0.717) is 79.0 Å². The minimum absolute atomic E-state index is 0.0962. The maximum Gasteiger partial charge on any atom is 0.414 e. The molecule has 4 aromatic rings. The Morgan fingerprint density at radius 1 is 0.712 bits per heavy atom. The molecule has 0 aromatic heterocycles. The van der Waals surface area contributed by atoms with Gasteiger partial charge in [-0.15, -0.1) is 0 Å². The van der Waals surface area contributed by atoms with E-state index in [2.05, 4.69) is 6.07 Å². The van der Waals surface area contributed by atoms with Crippen LogP contribution in [0, 0.1) is 0 Å². The number of benzene rings is 4. The van der Waals surface area contributed by atoms with Gasteiger partial charge in [0.1, 0.15) is 19.0 Å². The van der Waals surface area contributed by atoms with E-state index in [-0.39, 0.29) is 18.9 Å². The zero-order chi connectivity index (χ0) is 36.0. The minimum atomic E-state index is -0.949. The summed E-state index contributed by atoms with van der Waals surface area (Å²) in [6, 6.07) is 27.4. The van der Waals surface area contributed by atoms with Crippen molar-refractivity contribution in [2.24, 2.45) is 0 Å². The Balaban J connectivity index is 1.33. The summed E-state index contributed by atoms with van der Waals surface area (Å²) in [5.74, 6) is 1.30. The molecule has 4 aromatic carbocycles. The van der Waals surface area contributed by atoms with Crippen LogP contribution in [0.15, 0.2) is 96.3 Å². The Kier molecular flexibility index (Phi) is 8.49. The van der Waals surface area contributed by atoms with Gasteiger partial charge in [-0.3, -0.25) is 19.5 Å². The van der Waals surface area contributed by atoms with Crippen molar-refractivity contribution in [1.29, 1.82) is 0 Å². The summed E-state index contributed by atoms with van der Waals surface area (Å²) in [7, 11) is 4.48. The molecule has 4 aliphatic rings. The summed E-state index contributed by atoms with van der Waals surface area (Å²) >= 11 is 0. The quantitative estimate of drug-likeness (QED) is 0.192. The number of fused-ring (bicyclic) bond motifs is 4. The normalized spacial score (nSPS) is 18.4. The molecule has 266 valence electrons. The van der Waals surface area contributed by atoms with E-state index >= 15 is 0 Å². The number of rotatable bonds is 8. The molecule has 3 amide bonds. The lowest BCUT2D eigenvalue weighted by Gasteiger charge is -2.45. The summed E-state index contributed by atoms with van der Waals surface area (Å²) in [6.45, 7) is 1.15. The molecule has 0 bridgehead atoms. The first-order valence-electron chi connectivity index (χ1n) is 17.4. The topological polar surface area (TPSA) is 107 Å². The monoisotopic (exact) mass is 701 g/mol. The van der Waals surface area contributed by atoms with Crippen molar-refractivity contribution in [3.05, 3.63) is 124 Å². The zero-order valence-electron chi connectivity index (χ0n) is 29.3. The molecular weight excluding hydrogens is 662 g/mol. The number of methoxy groups -OCH3 is 3. The Bertz CT molecular complexity index is 2100. The van der Waals surface area contributed by atoms with Crippen LogP contribution in [-0.4, -0.2) is 57.4 Å². The Morgan fingerprint density at radius 3 is 2.12 bits per heavy atom. The molecule has 0 saturated carbocycles. The van der Waals surface area contributed by atoms with E-state index in [1.54, 1.807) is 28.9 Å². The molecule has 8 rings (SSSR count). The fraction of sp³-hybridized carbons (Fsp3) is 0.293. The molecule has 0 fully saturated rings. The molecule has 4 aliphatic heterocycles. The molecule has 0 saturated heterocycles. The van der Waals surface area contributed by atoms with Crippen LogP contribution in [-0.2, 0) is 39.3 Å². The third-order valence-electron chi connectivity index (χ3n) is 10.5. The SMILES string of the molecule is COC(=O)N1CCc2cc([C@]34CCN(C(=O)OCc5ccccc5)C5=C3N(C(=O)CC5)c3c(OCc5ccccc5)cccc34)c(OC)c(OC)c21. The second-order valence-electron chi connectivity index (χ2n) is 13.2. The number of hydrogen-bond acceptors (Lipinski definition) is 8. The third-order valence-corrected chi connectivity index (χ3v) is 10.5. The lowest BCUT2D eigenvalue weighted by molar-refractivity contribution is -0.118. The molecular formula is C41H39N3O8. The number of carbonyl (C=O) groups is 3. The fourth-order valence-corrected chi connectivity index (χ4v) is 8.31. The molecule has 4 heterocycles. The maximum absolute atomic E-state index is 14.3. The smallest absolute Gasteiger partial charge is 0.414 e. The highest BCUT2D eigenvalue weighted by molar-refractivity contribution is 6.05. The van der Waals surface area contributed by atoms with E-state index in [9.17, 15) is 14.4 Å². The lowest BCUT2D eigenvalue weighted by Crippen LogP contribution is -2.50. The molecule has 0 spiro atoms. The van der Waals surface area contributed by atoms with Crippen molar-refractivity contribution in [3.8, 4) is 17.2 Å². The molecule has 11 heteroatoms. The Labute approximate surface area is 301 Å². The number of hydrogen-bond donors (Lipinski definition) is 0. The predicted octanol–water partition coefficient (Wildman–Crippen LogP) is 7.09. The number of amides is 3. The van der Waals surface area contributed by atoms with Crippen LogP contribution in [0.5, 0.6) is 17.2 Å². The van der Waals surface area contributed by atoms with Crippen molar-refractivity contribution < 1.29 is 38.1 Å². The predicted molar refractivity (Wildman–Crippen MR) is 193 cm³/mol. The van der Waals surface area contributed by atoms with Gasteiger partial charge in [-0.1, -0.05) is 72.8 Å². The van der Waals surface area contributed by atoms with E-state index in [1.165, 1.54) is 7.11 Å². The summed E-state index contributed by atoms with van der Waals surface area (Å²) in [5.41, 5.74) is 6.08. The van der Waals surface area contributed by atoms with Crippen LogP contribution in [0.25, 0.3) is 0 Å². The van der Waals surface area contributed by atoms with E-state index < -0.39 is 17.6 Å². The molecule has 0 aliphatic carbocycles. The molecule has 1 atom stereocenters. The van der Waals surface area contributed by atoms with Gasteiger partial charge < -0.3 is 23.7 Å². The van der Waals surface area contributed by atoms with E-state index in [0.717, 1.165) is 27.8 Å². The second kappa shape index (κ2) is 13.3. The highest BCUT2D eigenvalue weighted by Crippen LogP contribution is 2.64. The summed E-state index contributed by atoms with van der Waals surface area (Å²) in [5, 5.41) is 0. The molecule has 11 nitrogen and oxygen atoms in total. The zero-order valence-corrected chi connectivity index (χ0v) is 29.3. The van der Waals surface area contributed by atoms with Gasteiger partial charge in [-0.2, -0.15) is 0 Å². The van der Waals surface area contributed by atoms with E-state index in [1.807, 2.05) is 78.9 Å². The number of carbonyl (C=O) groups excluding carboxylic acids is 3. The number of anilines is 2. The third kappa shape index (κ3) is 5.13. The van der Waals surface area contributed by atoms with Gasteiger partial charge in [0, 0.05) is 30.8 Å². The first kappa shape index (κ1) is 33.2. The summed E-state index contributed by atoms with van der Waals surface area (Å²) in [4.78, 5) is 46.1. The lowest BCUT2D eigenvalue weighted by atomic mass is 9.67. The standard InChI is InChI=1S/C41H39N3O8/c1-48-36-30(23-28-19-21-43(39(46)50-3)34(28)37(36)49-2)41-20-22-42(40(47)52-25-27-13-8-5-9-14-27)31-17-18-33(45)44(38(31)41)35-29(41)15-10-16-32(35)51-24-26-11-6-4-7-12-26/h4-16,23H,17-22,24-25H2,1-3H3/t41-/m1/s1. The van der Waals surface area contributed by atoms with Crippen molar-refractivity contribution in [2.45, 2.75) is 44.3 Å². The summed E-state index contributed by atoms with van der Waals surface area (Å²) in [6.07, 6.45) is 0.549. The van der Waals surface area contributed by atoms with Crippen LogP contribution in [0.3, 0.4) is 0 Å². The van der Waals surface area contributed by atoms with Crippen LogP contribution in [0.2, 0.25) is 0 Å². The largest absolute Gasteiger partial charge is 0.492 e. The highest BCUT2D eigenvalue weighted by Gasteiger charge is 2.59. The van der Waals surface area contributed by atoms with Gasteiger partial charge in [-0.25, -0.2) is 9.59 Å². The second-order valence-corrected chi connectivity index (χ2v) is 13.2. The van der Waals surface area contributed by atoms with Gasteiger partial charge >= 0.3 is 12.2 Å². The van der Waals surface area contributed by atoms with Gasteiger partial charge in [0.2, 0.25) is 5.91 Å². The maximum atomic E-state index is 14.3. The minimum Gasteiger partial charge on any atom is -0.492 e. The molecule has 0 N–H and O–H groups in total. The van der Waals surface area contributed by atoms with Crippen LogP contribution < -0.4 is 24.0 Å². The number of ether oxygens (including phenoxy) is 5. The Morgan fingerprint density at radius 2 is 1.42 bits per heavy atom. The highest BCUT2D eigenvalue weighted by atomic mass is 16.6. The number of allylic oxidation sites excluding steroid dienone is 2. The number of nitrogens with zero attached hydrogens (tertiary/aromatic N) is 3.